The molecule has 2 heterocycles. The Morgan fingerprint density at radius 2 is 1.87 bits per heavy atom. The first-order valence-electron chi connectivity index (χ1n) is 10.1. The quantitative estimate of drug-likeness (QED) is 0.519. The van der Waals surface area contributed by atoms with E-state index in [-0.39, 0.29) is 21.7 Å². The molecule has 0 amide bonds. The Morgan fingerprint density at radius 1 is 1.13 bits per heavy atom. The molecular weight excluding hydrogens is 482 g/mol. The van der Waals surface area contributed by atoms with Crippen LogP contribution in [0, 0.1) is 6.92 Å². The van der Waals surface area contributed by atoms with Gasteiger partial charge in [-0.05, 0) is 43.3 Å². The van der Waals surface area contributed by atoms with E-state index < -0.39 is 9.84 Å². The summed E-state index contributed by atoms with van der Waals surface area (Å²) in [4.78, 5) is 6.82. The summed E-state index contributed by atoms with van der Waals surface area (Å²) in [6, 6.07) is 14.1. The molecule has 0 bridgehead atoms. The van der Waals surface area contributed by atoms with Crippen LogP contribution in [0.25, 0.3) is 11.5 Å². The number of halogens is 1. The molecule has 9 heteroatoms. The lowest BCUT2D eigenvalue weighted by Gasteiger charge is -2.26. The van der Waals surface area contributed by atoms with Crippen LogP contribution in [0.5, 0.6) is 0 Å². The van der Waals surface area contributed by atoms with Gasteiger partial charge in [0, 0.05) is 36.2 Å². The number of anilines is 1. The molecule has 2 aromatic carbocycles. The van der Waals surface area contributed by atoms with Crippen LogP contribution in [0.1, 0.15) is 5.56 Å². The number of morpholine rings is 1. The summed E-state index contributed by atoms with van der Waals surface area (Å²) < 4.78 is 38.8. The Balaban J connectivity index is 1.65. The van der Waals surface area contributed by atoms with E-state index >= 15 is 0 Å². The Morgan fingerprint density at radius 3 is 2.58 bits per heavy atom. The molecule has 1 aliphatic rings. The minimum Gasteiger partial charge on any atom is -0.419 e. The van der Waals surface area contributed by atoms with Crippen molar-refractivity contribution in [3.63, 3.8) is 0 Å². The van der Waals surface area contributed by atoms with Crippen LogP contribution in [-0.4, -0.2) is 57.7 Å². The molecule has 0 atom stereocenters. The van der Waals surface area contributed by atoms with E-state index in [1.165, 1.54) is 0 Å². The average Bonchev–Trinajstić information content (AvgIpc) is 3.20. The SMILES string of the molecule is Cc1cccc(-c2nc(S(=O)(=O)c3ccc(Br)cc3)c(NCCN3CCOCC3)o2)c1. The Labute approximate surface area is 190 Å². The van der Waals surface area contributed by atoms with E-state index in [4.69, 9.17) is 9.15 Å². The van der Waals surface area contributed by atoms with Gasteiger partial charge < -0.3 is 14.5 Å². The van der Waals surface area contributed by atoms with E-state index in [1.807, 2.05) is 31.2 Å². The zero-order valence-electron chi connectivity index (χ0n) is 17.2. The second-order valence-electron chi connectivity index (χ2n) is 7.36. The topological polar surface area (TPSA) is 84.7 Å². The number of rotatable bonds is 7. The predicted molar refractivity (Wildman–Crippen MR) is 122 cm³/mol. The van der Waals surface area contributed by atoms with Gasteiger partial charge >= 0.3 is 0 Å². The number of ether oxygens (including phenoxy) is 1. The highest BCUT2D eigenvalue weighted by Crippen LogP contribution is 2.33. The first-order chi connectivity index (χ1) is 14.9. The zero-order chi connectivity index (χ0) is 21.8. The number of oxazole rings is 1. The fraction of sp³-hybridized carbons (Fsp3) is 0.318. The smallest absolute Gasteiger partial charge is 0.233 e. The highest BCUT2D eigenvalue weighted by Gasteiger charge is 2.28. The van der Waals surface area contributed by atoms with E-state index in [1.54, 1.807) is 24.3 Å². The third-order valence-corrected chi connectivity index (χ3v) is 7.26. The molecule has 1 aliphatic heterocycles. The van der Waals surface area contributed by atoms with Gasteiger partial charge in [-0.15, -0.1) is 0 Å². The monoisotopic (exact) mass is 505 g/mol. The molecule has 31 heavy (non-hydrogen) atoms. The third kappa shape index (κ3) is 5.17. The molecule has 0 spiro atoms. The number of sulfone groups is 1. The van der Waals surface area contributed by atoms with Crippen LogP contribution in [-0.2, 0) is 14.6 Å². The number of nitrogens with zero attached hydrogens (tertiary/aromatic N) is 2. The maximum Gasteiger partial charge on any atom is 0.233 e. The summed E-state index contributed by atoms with van der Waals surface area (Å²) >= 11 is 3.34. The molecular formula is C22H24BrN3O4S. The second kappa shape index (κ2) is 9.52. The maximum absolute atomic E-state index is 13.3. The average molecular weight is 506 g/mol. The Kier molecular flexibility index (Phi) is 6.76. The summed E-state index contributed by atoms with van der Waals surface area (Å²) in [5.74, 6) is 0.431. The fourth-order valence-corrected chi connectivity index (χ4v) is 4.92. The first-order valence-corrected chi connectivity index (χ1v) is 12.3. The summed E-state index contributed by atoms with van der Waals surface area (Å²) in [7, 11) is -3.86. The van der Waals surface area contributed by atoms with E-state index in [2.05, 4.69) is 31.1 Å². The molecule has 1 aromatic heterocycles. The van der Waals surface area contributed by atoms with Gasteiger partial charge in [-0.2, -0.15) is 4.98 Å². The lowest BCUT2D eigenvalue weighted by molar-refractivity contribution is 0.0398. The van der Waals surface area contributed by atoms with Gasteiger partial charge in [0.15, 0.2) is 0 Å². The van der Waals surface area contributed by atoms with Gasteiger partial charge in [0.25, 0.3) is 0 Å². The highest BCUT2D eigenvalue weighted by atomic mass is 79.9. The summed E-state index contributed by atoms with van der Waals surface area (Å²) in [6.07, 6.45) is 0. The largest absolute Gasteiger partial charge is 0.419 e. The number of hydrogen-bond donors (Lipinski definition) is 1. The van der Waals surface area contributed by atoms with Gasteiger partial charge in [0.05, 0.1) is 18.1 Å². The predicted octanol–water partition coefficient (Wildman–Crippen LogP) is 3.99. The van der Waals surface area contributed by atoms with Crippen LogP contribution in [0.2, 0.25) is 0 Å². The molecule has 7 nitrogen and oxygen atoms in total. The maximum atomic E-state index is 13.3. The van der Waals surface area contributed by atoms with Crippen LogP contribution in [0.4, 0.5) is 5.88 Å². The number of aryl methyl sites for hydroxylation is 1. The van der Waals surface area contributed by atoms with Gasteiger partial charge in [-0.1, -0.05) is 33.6 Å². The van der Waals surface area contributed by atoms with Gasteiger partial charge in [0.2, 0.25) is 26.6 Å². The van der Waals surface area contributed by atoms with Crippen molar-refractivity contribution < 1.29 is 17.6 Å². The molecule has 0 unspecified atom stereocenters. The Hall–Kier alpha value is -2.20. The van der Waals surface area contributed by atoms with Crippen molar-refractivity contribution in [2.45, 2.75) is 16.8 Å². The molecule has 0 radical (unpaired) electrons. The summed E-state index contributed by atoms with van der Waals surface area (Å²) in [5, 5.41) is 3.05. The van der Waals surface area contributed by atoms with Crippen molar-refractivity contribution in [1.82, 2.24) is 9.88 Å². The number of benzene rings is 2. The van der Waals surface area contributed by atoms with Crippen LogP contribution >= 0.6 is 15.9 Å². The first kappa shape index (κ1) is 22.0. The summed E-state index contributed by atoms with van der Waals surface area (Å²) in [6.45, 7) is 6.39. The van der Waals surface area contributed by atoms with E-state index in [9.17, 15) is 8.42 Å². The van der Waals surface area contributed by atoms with E-state index in [0.29, 0.717) is 19.8 Å². The van der Waals surface area contributed by atoms with Crippen molar-refractivity contribution in [3.05, 3.63) is 58.6 Å². The van der Waals surface area contributed by atoms with Crippen molar-refractivity contribution in [1.29, 1.82) is 0 Å². The lowest BCUT2D eigenvalue weighted by atomic mass is 10.1. The van der Waals surface area contributed by atoms with Crippen LogP contribution < -0.4 is 5.32 Å². The molecule has 1 fully saturated rings. The van der Waals surface area contributed by atoms with Crippen molar-refractivity contribution in [2.75, 3.05) is 44.7 Å². The molecule has 3 aromatic rings. The molecule has 1 N–H and O–H groups in total. The number of aromatic nitrogens is 1. The van der Waals surface area contributed by atoms with Crippen LogP contribution in [0.15, 0.2) is 67.3 Å². The van der Waals surface area contributed by atoms with Crippen molar-refractivity contribution in [3.8, 4) is 11.5 Å². The second-order valence-corrected chi connectivity index (χ2v) is 10.1. The molecule has 1 saturated heterocycles. The highest BCUT2D eigenvalue weighted by molar-refractivity contribution is 9.10. The van der Waals surface area contributed by atoms with Gasteiger partial charge in [-0.3, -0.25) is 4.90 Å². The standard InChI is InChI=1S/C22H24BrN3O4S/c1-16-3-2-4-17(15-16)20-25-22(31(27,28)19-7-5-18(23)6-8-19)21(30-20)24-9-10-26-11-13-29-14-12-26/h2-8,15,24H,9-14H2,1H3. The fourth-order valence-electron chi connectivity index (χ4n) is 3.38. The minimum atomic E-state index is -3.86. The molecule has 164 valence electrons. The number of hydrogen-bond acceptors (Lipinski definition) is 7. The molecule has 0 aliphatic carbocycles. The van der Waals surface area contributed by atoms with Crippen molar-refractivity contribution in [2.24, 2.45) is 0 Å². The zero-order valence-corrected chi connectivity index (χ0v) is 19.6. The molecule has 0 saturated carbocycles. The van der Waals surface area contributed by atoms with E-state index in [0.717, 1.165) is 35.2 Å². The van der Waals surface area contributed by atoms with Crippen molar-refractivity contribution >= 4 is 31.7 Å². The Bertz CT molecular complexity index is 1140. The lowest BCUT2D eigenvalue weighted by Crippen LogP contribution is -2.39. The molecule has 4 rings (SSSR count). The third-order valence-electron chi connectivity index (χ3n) is 5.06. The van der Waals surface area contributed by atoms with Gasteiger partial charge in [-0.25, -0.2) is 8.42 Å². The van der Waals surface area contributed by atoms with Gasteiger partial charge in [0.1, 0.15) is 0 Å². The summed E-state index contributed by atoms with van der Waals surface area (Å²) in [5.41, 5.74) is 1.77. The van der Waals surface area contributed by atoms with Crippen LogP contribution in [0.3, 0.4) is 0 Å². The minimum absolute atomic E-state index is 0.103. The normalized spacial score (nSPS) is 15.2. The number of nitrogens with one attached hydrogen (secondary N) is 1.